The predicted molar refractivity (Wildman–Crippen MR) is 72.9 cm³/mol. The van der Waals surface area contributed by atoms with Crippen molar-refractivity contribution in [2.45, 2.75) is 32.4 Å². The molecule has 0 bridgehead atoms. The van der Waals surface area contributed by atoms with Gasteiger partial charge in [-0.05, 0) is 60.4 Å². The molecule has 0 aliphatic heterocycles. The van der Waals surface area contributed by atoms with Gasteiger partial charge in [-0.3, -0.25) is 0 Å². The molecule has 0 heterocycles. The monoisotopic (exact) mass is 282 g/mol. The van der Waals surface area contributed by atoms with Gasteiger partial charge in [0.2, 0.25) is 0 Å². The molecule has 0 spiro atoms. The van der Waals surface area contributed by atoms with E-state index >= 15 is 0 Å². The lowest BCUT2D eigenvalue weighted by Crippen LogP contribution is -2.25. The molecule has 0 atom stereocenters. The molecule has 1 N–H and O–H groups in total. The van der Waals surface area contributed by atoms with Crippen LogP contribution in [0.4, 0.5) is 5.69 Å². The van der Waals surface area contributed by atoms with Crippen LogP contribution in [-0.4, -0.2) is 19.6 Å². The Morgan fingerprint density at radius 1 is 1.44 bits per heavy atom. The van der Waals surface area contributed by atoms with Crippen molar-refractivity contribution in [2.24, 2.45) is 0 Å². The molecule has 3 heteroatoms. The SMILES string of the molecule is CCN(c1ccc(CNC)cc1Br)C1CC1. The van der Waals surface area contributed by atoms with E-state index in [9.17, 15) is 0 Å². The molecular formula is C13H19BrN2. The van der Waals surface area contributed by atoms with Gasteiger partial charge < -0.3 is 10.2 Å². The largest absolute Gasteiger partial charge is 0.368 e. The molecule has 2 rings (SSSR count). The van der Waals surface area contributed by atoms with Crippen LogP contribution in [0.2, 0.25) is 0 Å². The van der Waals surface area contributed by atoms with Crippen molar-refractivity contribution in [3.05, 3.63) is 28.2 Å². The van der Waals surface area contributed by atoms with Gasteiger partial charge in [-0.1, -0.05) is 6.07 Å². The Labute approximate surface area is 106 Å². The number of halogens is 1. The fourth-order valence-corrected chi connectivity index (χ4v) is 2.76. The highest BCUT2D eigenvalue weighted by Gasteiger charge is 2.28. The number of hydrogen-bond donors (Lipinski definition) is 1. The minimum absolute atomic E-state index is 0.774. The Hall–Kier alpha value is -0.540. The van der Waals surface area contributed by atoms with Crippen molar-refractivity contribution in [1.29, 1.82) is 0 Å². The lowest BCUT2D eigenvalue weighted by atomic mass is 10.2. The topological polar surface area (TPSA) is 15.3 Å². The van der Waals surface area contributed by atoms with Gasteiger partial charge >= 0.3 is 0 Å². The van der Waals surface area contributed by atoms with Gasteiger partial charge in [0, 0.05) is 23.6 Å². The van der Waals surface area contributed by atoms with Gasteiger partial charge in [0.15, 0.2) is 0 Å². The molecule has 16 heavy (non-hydrogen) atoms. The first-order valence-electron chi connectivity index (χ1n) is 5.96. The number of nitrogens with zero attached hydrogens (tertiary/aromatic N) is 1. The number of nitrogens with one attached hydrogen (secondary N) is 1. The van der Waals surface area contributed by atoms with E-state index in [1.165, 1.54) is 28.6 Å². The molecule has 88 valence electrons. The molecule has 0 saturated heterocycles. The fraction of sp³-hybridized carbons (Fsp3) is 0.538. The summed E-state index contributed by atoms with van der Waals surface area (Å²) >= 11 is 3.69. The van der Waals surface area contributed by atoms with Gasteiger partial charge in [-0.2, -0.15) is 0 Å². The van der Waals surface area contributed by atoms with E-state index in [2.05, 4.69) is 51.3 Å². The smallest absolute Gasteiger partial charge is 0.0513 e. The summed E-state index contributed by atoms with van der Waals surface area (Å²) in [6.07, 6.45) is 2.69. The lowest BCUT2D eigenvalue weighted by Gasteiger charge is -2.24. The number of rotatable bonds is 5. The number of hydrogen-bond acceptors (Lipinski definition) is 2. The van der Waals surface area contributed by atoms with Crippen LogP contribution in [-0.2, 0) is 6.54 Å². The average Bonchev–Trinajstić information content (AvgIpc) is 3.07. The summed E-state index contributed by atoms with van der Waals surface area (Å²) in [6, 6.07) is 7.44. The maximum atomic E-state index is 3.69. The van der Waals surface area contributed by atoms with E-state index in [4.69, 9.17) is 0 Å². The maximum Gasteiger partial charge on any atom is 0.0513 e. The molecule has 1 aromatic carbocycles. The summed E-state index contributed by atoms with van der Waals surface area (Å²) in [4.78, 5) is 2.49. The van der Waals surface area contributed by atoms with Crippen LogP contribution < -0.4 is 10.2 Å². The highest BCUT2D eigenvalue weighted by atomic mass is 79.9. The van der Waals surface area contributed by atoms with E-state index in [0.29, 0.717) is 0 Å². The third-order valence-electron chi connectivity index (χ3n) is 3.03. The zero-order chi connectivity index (χ0) is 11.5. The molecule has 1 aliphatic carbocycles. The van der Waals surface area contributed by atoms with Gasteiger partial charge in [0.1, 0.15) is 0 Å². The molecule has 1 saturated carbocycles. The van der Waals surface area contributed by atoms with Crippen LogP contribution in [0.3, 0.4) is 0 Å². The molecule has 0 unspecified atom stereocenters. The Morgan fingerprint density at radius 2 is 2.19 bits per heavy atom. The van der Waals surface area contributed by atoms with Gasteiger partial charge in [0.25, 0.3) is 0 Å². The van der Waals surface area contributed by atoms with E-state index in [1.807, 2.05) is 7.05 Å². The van der Waals surface area contributed by atoms with Crippen LogP contribution in [0.5, 0.6) is 0 Å². The van der Waals surface area contributed by atoms with Gasteiger partial charge in [0.05, 0.1) is 5.69 Å². The van der Waals surface area contributed by atoms with Crippen LogP contribution in [0, 0.1) is 0 Å². The summed E-state index contributed by atoms with van der Waals surface area (Å²) in [5.74, 6) is 0. The van der Waals surface area contributed by atoms with Crippen molar-refractivity contribution in [2.75, 3.05) is 18.5 Å². The quantitative estimate of drug-likeness (QED) is 0.893. The molecule has 0 amide bonds. The Morgan fingerprint density at radius 3 is 2.69 bits per heavy atom. The first-order valence-corrected chi connectivity index (χ1v) is 6.75. The maximum absolute atomic E-state index is 3.69. The first-order chi connectivity index (χ1) is 7.76. The van der Waals surface area contributed by atoms with E-state index in [1.54, 1.807) is 0 Å². The lowest BCUT2D eigenvalue weighted by molar-refractivity contribution is 0.808. The normalized spacial score (nSPS) is 15.2. The highest BCUT2D eigenvalue weighted by molar-refractivity contribution is 9.10. The zero-order valence-corrected chi connectivity index (χ0v) is 11.5. The molecule has 1 fully saturated rings. The molecule has 1 aromatic rings. The standard InChI is InChI=1S/C13H19BrN2/c1-3-16(11-5-6-11)13-7-4-10(9-15-2)8-12(13)14/h4,7-8,11,15H,3,5-6,9H2,1-2H3. The number of anilines is 1. The second-order valence-electron chi connectivity index (χ2n) is 4.33. The van der Waals surface area contributed by atoms with E-state index in [-0.39, 0.29) is 0 Å². The molecule has 0 aromatic heterocycles. The van der Waals surface area contributed by atoms with Crippen LogP contribution >= 0.6 is 15.9 Å². The third kappa shape index (κ3) is 2.58. The molecule has 0 radical (unpaired) electrons. The summed E-state index contributed by atoms with van der Waals surface area (Å²) in [5, 5.41) is 3.17. The minimum Gasteiger partial charge on any atom is -0.368 e. The summed E-state index contributed by atoms with van der Waals surface area (Å²) in [6.45, 7) is 4.25. The second-order valence-corrected chi connectivity index (χ2v) is 5.19. The van der Waals surface area contributed by atoms with E-state index < -0.39 is 0 Å². The first kappa shape index (κ1) is 11.9. The van der Waals surface area contributed by atoms with Crippen LogP contribution in [0.15, 0.2) is 22.7 Å². The Kier molecular flexibility index (Phi) is 3.87. The Bertz CT molecular complexity index is 361. The zero-order valence-electron chi connectivity index (χ0n) is 9.96. The predicted octanol–water partition coefficient (Wildman–Crippen LogP) is 3.16. The molecular weight excluding hydrogens is 264 g/mol. The van der Waals surface area contributed by atoms with Crippen LogP contribution in [0.1, 0.15) is 25.3 Å². The second kappa shape index (κ2) is 5.19. The van der Waals surface area contributed by atoms with Crippen molar-refractivity contribution in [3.63, 3.8) is 0 Å². The fourth-order valence-electron chi connectivity index (χ4n) is 2.11. The summed E-state index contributed by atoms with van der Waals surface area (Å²) in [7, 11) is 1.98. The summed E-state index contributed by atoms with van der Waals surface area (Å²) in [5.41, 5.74) is 2.66. The third-order valence-corrected chi connectivity index (χ3v) is 3.67. The summed E-state index contributed by atoms with van der Waals surface area (Å²) < 4.78 is 1.22. The van der Waals surface area contributed by atoms with Gasteiger partial charge in [-0.25, -0.2) is 0 Å². The molecule has 1 aliphatic rings. The van der Waals surface area contributed by atoms with Crippen molar-refractivity contribution >= 4 is 21.6 Å². The van der Waals surface area contributed by atoms with Crippen molar-refractivity contribution < 1.29 is 0 Å². The van der Waals surface area contributed by atoms with Crippen molar-refractivity contribution in [1.82, 2.24) is 5.32 Å². The van der Waals surface area contributed by atoms with Crippen LogP contribution in [0.25, 0.3) is 0 Å². The number of benzene rings is 1. The Balaban J connectivity index is 2.20. The van der Waals surface area contributed by atoms with Gasteiger partial charge in [-0.15, -0.1) is 0 Å². The highest BCUT2D eigenvalue weighted by Crippen LogP contribution is 2.35. The molecule has 2 nitrogen and oxygen atoms in total. The minimum atomic E-state index is 0.774. The van der Waals surface area contributed by atoms with Crippen molar-refractivity contribution in [3.8, 4) is 0 Å². The van der Waals surface area contributed by atoms with E-state index in [0.717, 1.165) is 19.1 Å². The average molecular weight is 283 g/mol.